The Kier molecular flexibility index (Phi) is 2.60. The molecule has 0 atom stereocenters. The van der Waals surface area contributed by atoms with Crippen LogP contribution >= 0.6 is 0 Å². The molecule has 0 aromatic carbocycles. The maximum absolute atomic E-state index is 5.98. The Bertz CT molecular complexity index is 472. The molecule has 86 valence electrons. The van der Waals surface area contributed by atoms with Gasteiger partial charge in [-0.15, -0.1) is 0 Å². The predicted molar refractivity (Wildman–Crippen MR) is 63.2 cm³/mol. The first kappa shape index (κ1) is 10.6. The third-order valence-electron chi connectivity index (χ3n) is 2.60. The van der Waals surface area contributed by atoms with Crippen LogP contribution in [0, 0.1) is 6.92 Å². The van der Waals surface area contributed by atoms with E-state index in [9.17, 15) is 0 Å². The van der Waals surface area contributed by atoms with Crippen molar-refractivity contribution in [2.75, 3.05) is 17.7 Å². The average Bonchev–Trinajstić information content (AvgIpc) is 2.77. The molecule has 0 aliphatic heterocycles. The maximum Gasteiger partial charge on any atom is 0.150 e. The summed E-state index contributed by atoms with van der Waals surface area (Å²) >= 11 is 0. The first-order chi connectivity index (χ1) is 7.59. The van der Waals surface area contributed by atoms with Crippen LogP contribution in [-0.4, -0.2) is 16.8 Å². The van der Waals surface area contributed by atoms with Crippen LogP contribution in [0.5, 0.6) is 0 Å². The van der Waals surface area contributed by atoms with E-state index < -0.39 is 0 Å². The van der Waals surface area contributed by atoms with Crippen molar-refractivity contribution in [2.45, 2.75) is 13.5 Å². The van der Waals surface area contributed by atoms with Crippen molar-refractivity contribution >= 4 is 11.5 Å². The number of hydrogen-bond donors (Lipinski definition) is 1. The normalized spacial score (nSPS) is 10.7. The van der Waals surface area contributed by atoms with Crippen molar-refractivity contribution in [1.29, 1.82) is 0 Å². The lowest BCUT2D eigenvalue weighted by Crippen LogP contribution is -2.20. The van der Waals surface area contributed by atoms with Gasteiger partial charge in [-0.25, -0.2) is 0 Å². The lowest BCUT2D eigenvalue weighted by Gasteiger charge is -2.18. The fourth-order valence-electron chi connectivity index (χ4n) is 1.85. The first-order valence-electron chi connectivity index (χ1n) is 5.11. The van der Waals surface area contributed by atoms with Gasteiger partial charge in [0.25, 0.3) is 0 Å². The second-order valence-corrected chi connectivity index (χ2v) is 3.93. The number of anilines is 2. The van der Waals surface area contributed by atoms with Crippen molar-refractivity contribution in [3.8, 4) is 0 Å². The third kappa shape index (κ3) is 1.76. The third-order valence-corrected chi connectivity index (χ3v) is 2.60. The summed E-state index contributed by atoms with van der Waals surface area (Å²) in [6.45, 7) is 2.66. The lowest BCUT2D eigenvalue weighted by molar-refractivity contribution is 0.563. The molecule has 5 heteroatoms. The Morgan fingerprint density at radius 3 is 2.81 bits per heavy atom. The van der Waals surface area contributed by atoms with Gasteiger partial charge in [-0.1, -0.05) is 0 Å². The number of nitrogen functional groups attached to an aromatic ring is 1. The summed E-state index contributed by atoms with van der Waals surface area (Å²) in [5.41, 5.74) is 8.68. The number of furan rings is 1. The molecule has 0 saturated carbocycles. The highest BCUT2D eigenvalue weighted by Crippen LogP contribution is 2.25. The molecule has 0 aliphatic carbocycles. The van der Waals surface area contributed by atoms with Gasteiger partial charge < -0.3 is 15.1 Å². The molecule has 2 aromatic heterocycles. The molecule has 0 spiro atoms. The van der Waals surface area contributed by atoms with Crippen LogP contribution in [0.3, 0.4) is 0 Å². The number of aromatic nitrogens is 2. The largest absolute Gasteiger partial charge is 0.472 e. The highest BCUT2D eigenvalue weighted by molar-refractivity contribution is 5.65. The molecule has 2 aromatic rings. The number of hydrogen-bond acceptors (Lipinski definition) is 4. The van der Waals surface area contributed by atoms with Crippen LogP contribution < -0.4 is 10.6 Å². The van der Waals surface area contributed by atoms with Gasteiger partial charge in [0.1, 0.15) is 5.82 Å². The minimum Gasteiger partial charge on any atom is -0.472 e. The molecule has 0 bridgehead atoms. The van der Waals surface area contributed by atoms with Crippen molar-refractivity contribution in [3.63, 3.8) is 0 Å². The highest BCUT2D eigenvalue weighted by Gasteiger charge is 2.14. The monoisotopic (exact) mass is 220 g/mol. The predicted octanol–water partition coefficient (Wildman–Crippen LogP) is 1.54. The molecule has 5 nitrogen and oxygen atoms in total. The summed E-state index contributed by atoms with van der Waals surface area (Å²) in [5, 5.41) is 4.29. The zero-order valence-electron chi connectivity index (χ0n) is 9.77. The Hall–Kier alpha value is -1.91. The Morgan fingerprint density at radius 2 is 2.31 bits per heavy atom. The lowest BCUT2D eigenvalue weighted by atomic mass is 10.3. The fourth-order valence-corrected chi connectivity index (χ4v) is 1.85. The first-order valence-corrected chi connectivity index (χ1v) is 5.11. The molecule has 2 rings (SSSR count). The Morgan fingerprint density at radius 1 is 1.56 bits per heavy atom. The van der Waals surface area contributed by atoms with E-state index in [4.69, 9.17) is 10.2 Å². The summed E-state index contributed by atoms with van der Waals surface area (Å²) in [5.74, 6) is 0.929. The van der Waals surface area contributed by atoms with E-state index in [0.717, 1.165) is 29.3 Å². The van der Waals surface area contributed by atoms with E-state index in [0.29, 0.717) is 0 Å². The number of nitrogens with zero attached hydrogens (tertiary/aromatic N) is 3. The van der Waals surface area contributed by atoms with Crippen LogP contribution in [-0.2, 0) is 13.6 Å². The van der Waals surface area contributed by atoms with Crippen LogP contribution in [0.4, 0.5) is 11.5 Å². The van der Waals surface area contributed by atoms with Gasteiger partial charge in [0.2, 0.25) is 0 Å². The van der Waals surface area contributed by atoms with Gasteiger partial charge in [0.05, 0.1) is 23.9 Å². The molecular formula is C11H16N4O. The minimum atomic E-state index is 0.730. The molecule has 2 N–H and O–H groups in total. The van der Waals surface area contributed by atoms with Crippen LogP contribution in [0.2, 0.25) is 0 Å². The molecule has 0 saturated heterocycles. The van der Waals surface area contributed by atoms with Gasteiger partial charge in [0, 0.05) is 26.2 Å². The van der Waals surface area contributed by atoms with Crippen molar-refractivity contribution in [3.05, 3.63) is 29.9 Å². The highest BCUT2D eigenvalue weighted by atomic mass is 16.3. The van der Waals surface area contributed by atoms with E-state index >= 15 is 0 Å². The Labute approximate surface area is 94.4 Å². The Balaban J connectivity index is 2.24. The molecule has 0 fully saturated rings. The summed E-state index contributed by atoms with van der Waals surface area (Å²) in [6.07, 6.45) is 3.40. The number of rotatable bonds is 3. The van der Waals surface area contributed by atoms with Crippen molar-refractivity contribution in [2.24, 2.45) is 7.05 Å². The van der Waals surface area contributed by atoms with Crippen molar-refractivity contribution < 1.29 is 4.42 Å². The topological polar surface area (TPSA) is 60.2 Å². The van der Waals surface area contributed by atoms with Gasteiger partial charge in [-0.05, 0) is 13.0 Å². The average molecular weight is 220 g/mol. The van der Waals surface area contributed by atoms with E-state index in [1.807, 2.05) is 27.1 Å². The molecule has 0 amide bonds. The van der Waals surface area contributed by atoms with Gasteiger partial charge >= 0.3 is 0 Å². The van der Waals surface area contributed by atoms with Gasteiger partial charge in [0.15, 0.2) is 0 Å². The van der Waals surface area contributed by atoms with Gasteiger partial charge in [-0.2, -0.15) is 5.10 Å². The molecule has 0 radical (unpaired) electrons. The van der Waals surface area contributed by atoms with Gasteiger partial charge in [-0.3, -0.25) is 4.68 Å². The smallest absolute Gasteiger partial charge is 0.150 e. The molecule has 0 unspecified atom stereocenters. The minimum absolute atomic E-state index is 0.730. The van der Waals surface area contributed by atoms with E-state index in [1.165, 1.54) is 0 Å². The maximum atomic E-state index is 5.98. The summed E-state index contributed by atoms with van der Waals surface area (Å²) in [4.78, 5) is 2.06. The zero-order valence-corrected chi connectivity index (χ0v) is 9.77. The molecular weight excluding hydrogens is 204 g/mol. The van der Waals surface area contributed by atoms with E-state index in [1.54, 1.807) is 17.2 Å². The zero-order chi connectivity index (χ0) is 11.7. The van der Waals surface area contributed by atoms with Crippen molar-refractivity contribution in [1.82, 2.24) is 9.78 Å². The summed E-state index contributed by atoms with van der Waals surface area (Å²) in [7, 11) is 3.88. The molecule has 16 heavy (non-hydrogen) atoms. The number of aryl methyl sites for hydroxylation is 2. The summed E-state index contributed by atoms with van der Waals surface area (Å²) in [6, 6.07) is 1.94. The SMILES string of the molecule is Cc1nn(C)c(N(C)Cc2ccoc2)c1N. The standard InChI is InChI=1S/C11H16N4O/c1-8-10(12)11(15(3)13-8)14(2)6-9-4-5-16-7-9/h4-5,7H,6,12H2,1-3H3. The second kappa shape index (κ2) is 3.92. The number of nitrogens with two attached hydrogens (primary N) is 1. The van der Waals surface area contributed by atoms with Crippen LogP contribution in [0.15, 0.2) is 23.0 Å². The van der Waals surface area contributed by atoms with Crippen LogP contribution in [0.25, 0.3) is 0 Å². The van der Waals surface area contributed by atoms with E-state index in [-0.39, 0.29) is 0 Å². The second-order valence-electron chi connectivity index (χ2n) is 3.93. The van der Waals surface area contributed by atoms with Crippen LogP contribution in [0.1, 0.15) is 11.3 Å². The van der Waals surface area contributed by atoms with E-state index in [2.05, 4.69) is 10.00 Å². The quantitative estimate of drug-likeness (QED) is 0.852. The fraction of sp³-hybridized carbons (Fsp3) is 0.364. The molecule has 0 aliphatic rings. The molecule has 2 heterocycles. The summed E-state index contributed by atoms with van der Waals surface area (Å²) < 4.78 is 6.83.